The van der Waals surface area contributed by atoms with Crippen molar-refractivity contribution in [1.82, 2.24) is 5.32 Å². The first-order valence-electron chi connectivity index (χ1n) is 6.98. The molecule has 0 atom stereocenters. The summed E-state index contributed by atoms with van der Waals surface area (Å²) >= 11 is 1.81. The number of nitrogens with one attached hydrogen (secondary N) is 1. The van der Waals surface area contributed by atoms with Crippen molar-refractivity contribution in [3.8, 4) is 0 Å². The summed E-state index contributed by atoms with van der Waals surface area (Å²) in [6.07, 6.45) is 4.99. The molecule has 0 radical (unpaired) electrons. The van der Waals surface area contributed by atoms with E-state index in [0.717, 1.165) is 18.9 Å². The molecule has 0 saturated heterocycles. The fourth-order valence-corrected chi connectivity index (χ4v) is 3.64. The minimum Gasteiger partial charge on any atom is -0.356 e. The molecular weight excluding hydrogens is 254 g/mol. The normalized spacial score (nSPS) is 15.4. The Morgan fingerprint density at radius 1 is 1.42 bits per heavy atom. The number of hydrogen-bond acceptors (Lipinski definition) is 2. The standard InChI is InChI=1S/C16H19NOS/c1-11(18)17-8-7-14-10-19-16-6-5-13(9-15(14)16)12-3-2-4-12/h5-6,9-10,12H,2-4,7-8H2,1H3,(H,17,18). The first kappa shape index (κ1) is 12.7. The molecule has 2 nitrogen and oxygen atoms in total. The van der Waals surface area contributed by atoms with Gasteiger partial charge in [-0.25, -0.2) is 0 Å². The monoisotopic (exact) mass is 273 g/mol. The number of fused-ring (bicyclic) bond motifs is 1. The lowest BCUT2D eigenvalue weighted by atomic mass is 9.80. The van der Waals surface area contributed by atoms with Gasteiger partial charge in [0.1, 0.15) is 0 Å². The Morgan fingerprint density at radius 3 is 2.95 bits per heavy atom. The summed E-state index contributed by atoms with van der Waals surface area (Å²) in [6, 6.07) is 6.93. The maximum Gasteiger partial charge on any atom is 0.216 e. The second-order valence-corrected chi connectivity index (χ2v) is 6.29. The molecule has 1 fully saturated rings. The third kappa shape index (κ3) is 2.66. The smallest absolute Gasteiger partial charge is 0.216 e. The van der Waals surface area contributed by atoms with Gasteiger partial charge < -0.3 is 5.32 Å². The predicted octanol–water partition coefficient (Wildman–Crippen LogP) is 3.85. The molecule has 19 heavy (non-hydrogen) atoms. The van der Waals surface area contributed by atoms with Crippen LogP contribution in [0.1, 0.15) is 43.2 Å². The number of thiophene rings is 1. The first-order valence-corrected chi connectivity index (χ1v) is 7.86. The third-order valence-corrected chi connectivity index (χ3v) is 5.03. The highest BCUT2D eigenvalue weighted by molar-refractivity contribution is 7.17. The highest BCUT2D eigenvalue weighted by atomic mass is 32.1. The number of amides is 1. The molecular formula is C16H19NOS. The van der Waals surface area contributed by atoms with Gasteiger partial charge in [0.05, 0.1) is 0 Å². The molecule has 1 N–H and O–H groups in total. The number of hydrogen-bond donors (Lipinski definition) is 1. The highest BCUT2D eigenvalue weighted by Gasteiger charge is 2.20. The Bertz CT molecular complexity index is 598. The van der Waals surface area contributed by atoms with Crippen molar-refractivity contribution in [3.63, 3.8) is 0 Å². The summed E-state index contributed by atoms with van der Waals surface area (Å²) in [5.74, 6) is 0.835. The molecule has 0 aliphatic heterocycles. The van der Waals surface area contributed by atoms with Crippen molar-refractivity contribution in [2.45, 2.75) is 38.5 Å². The van der Waals surface area contributed by atoms with E-state index in [1.54, 1.807) is 18.3 Å². The molecule has 0 spiro atoms. The van der Waals surface area contributed by atoms with Gasteiger partial charge >= 0.3 is 0 Å². The van der Waals surface area contributed by atoms with E-state index in [-0.39, 0.29) is 5.91 Å². The second-order valence-electron chi connectivity index (χ2n) is 5.38. The molecule has 3 heteroatoms. The van der Waals surface area contributed by atoms with Crippen LogP contribution < -0.4 is 5.32 Å². The summed E-state index contributed by atoms with van der Waals surface area (Å²) < 4.78 is 1.36. The van der Waals surface area contributed by atoms with E-state index in [0.29, 0.717) is 0 Å². The van der Waals surface area contributed by atoms with Gasteiger partial charge in [0.2, 0.25) is 5.91 Å². The lowest BCUT2D eigenvalue weighted by Gasteiger charge is -2.25. The Hall–Kier alpha value is -1.35. The van der Waals surface area contributed by atoms with Gasteiger partial charge in [0.15, 0.2) is 0 Å². The molecule has 3 rings (SSSR count). The third-order valence-electron chi connectivity index (χ3n) is 4.02. The molecule has 1 saturated carbocycles. The average Bonchev–Trinajstić information content (AvgIpc) is 2.70. The number of carbonyl (C=O) groups excluding carboxylic acids is 1. The van der Waals surface area contributed by atoms with Gasteiger partial charge in [-0.2, -0.15) is 0 Å². The first-order chi connectivity index (χ1) is 9.24. The molecule has 1 aromatic heterocycles. The van der Waals surface area contributed by atoms with Crippen LogP contribution in [0.3, 0.4) is 0 Å². The van der Waals surface area contributed by atoms with Crippen LogP contribution in [0.2, 0.25) is 0 Å². The molecule has 1 aromatic carbocycles. The van der Waals surface area contributed by atoms with Gasteiger partial charge in [-0.3, -0.25) is 4.79 Å². The summed E-state index contributed by atoms with van der Waals surface area (Å²) in [7, 11) is 0. The van der Waals surface area contributed by atoms with E-state index in [4.69, 9.17) is 0 Å². The number of benzene rings is 1. The van der Waals surface area contributed by atoms with Gasteiger partial charge in [-0.1, -0.05) is 12.5 Å². The quantitative estimate of drug-likeness (QED) is 0.900. The lowest BCUT2D eigenvalue weighted by Crippen LogP contribution is -2.22. The van der Waals surface area contributed by atoms with Crippen LogP contribution >= 0.6 is 11.3 Å². The van der Waals surface area contributed by atoms with Crippen LogP contribution in [0.4, 0.5) is 0 Å². The highest BCUT2D eigenvalue weighted by Crippen LogP contribution is 2.38. The molecule has 0 unspecified atom stereocenters. The Labute approximate surface area is 117 Å². The van der Waals surface area contributed by atoms with Crippen molar-refractivity contribution in [2.24, 2.45) is 0 Å². The average molecular weight is 273 g/mol. The zero-order valence-corrected chi connectivity index (χ0v) is 12.1. The van der Waals surface area contributed by atoms with E-state index >= 15 is 0 Å². The second kappa shape index (κ2) is 5.33. The largest absolute Gasteiger partial charge is 0.356 e. The predicted molar refractivity (Wildman–Crippen MR) is 80.8 cm³/mol. The van der Waals surface area contributed by atoms with Crippen LogP contribution in [0, 0.1) is 0 Å². The SMILES string of the molecule is CC(=O)NCCc1csc2ccc(C3CCC3)cc12. The minimum atomic E-state index is 0.0506. The molecule has 100 valence electrons. The van der Waals surface area contributed by atoms with Crippen LogP contribution in [-0.2, 0) is 11.2 Å². The van der Waals surface area contributed by atoms with Gasteiger partial charge in [0, 0.05) is 18.2 Å². The maximum atomic E-state index is 10.9. The van der Waals surface area contributed by atoms with Gasteiger partial charge in [0.25, 0.3) is 0 Å². The Kier molecular flexibility index (Phi) is 3.56. The van der Waals surface area contributed by atoms with Crippen molar-refractivity contribution >= 4 is 27.3 Å². The van der Waals surface area contributed by atoms with Crippen LogP contribution in [-0.4, -0.2) is 12.5 Å². The molecule has 1 amide bonds. The fraction of sp³-hybridized carbons (Fsp3) is 0.438. The topological polar surface area (TPSA) is 29.1 Å². The molecule has 1 aliphatic rings. The van der Waals surface area contributed by atoms with E-state index in [9.17, 15) is 4.79 Å². The van der Waals surface area contributed by atoms with Crippen molar-refractivity contribution in [1.29, 1.82) is 0 Å². The van der Waals surface area contributed by atoms with Crippen molar-refractivity contribution in [3.05, 3.63) is 34.7 Å². The summed E-state index contributed by atoms with van der Waals surface area (Å²) in [6.45, 7) is 2.30. The van der Waals surface area contributed by atoms with E-state index in [1.165, 1.54) is 40.5 Å². The van der Waals surface area contributed by atoms with Crippen molar-refractivity contribution in [2.75, 3.05) is 6.54 Å². The van der Waals surface area contributed by atoms with Crippen LogP contribution in [0.25, 0.3) is 10.1 Å². The molecule has 0 bridgehead atoms. The van der Waals surface area contributed by atoms with E-state index < -0.39 is 0 Å². The summed E-state index contributed by atoms with van der Waals surface area (Å²) in [5, 5.41) is 6.50. The van der Waals surface area contributed by atoms with Crippen LogP contribution in [0.15, 0.2) is 23.6 Å². The summed E-state index contributed by atoms with van der Waals surface area (Å²) in [5.41, 5.74) is 2.87. The molecule has 2 aromatic rings. The van der Waals surface area contributed by atoms with E-state index in [1.807, 2.05) is 0 Å². The van der Waals surface area contributed by atoms with Crippen molar-refractivity contribution < 1.29 is 4.79 Å². The lowest BCUT2D eigenvalue weighted by molar-refractivity contribution is -0.118. The Balaban J connectivity index is 1.81. The number of rotatable bonds is 4. The maximum absolute atomic E-state index is 10.9. The fourth-order valence-electron chi connectivity index (χ4n) is 2.66. The zero-order valence-electron chi connectivity index (χ0n) is 11.2. The zero-order chi connectivity index (χ0) is 13.2. The van der Waals surface area contributed by atoms with Crippen LogP contribution in [0.5, 0.6) is 0 Å². The Morgan fingerprint density at radius 2 is 2.26 bits per heavy atom. The number of carbonyl (C=O) groups is 1. The van der Waals surface area contributed by atoms with Gasteiger partial charge in [-0.15, -0.1) is 11.3 Å². The summed E-state index contributed by atoms with van der Waals surface area (Å²) in [4.78, 5) is 10.9. The van der Waals surface area contributed by atoms with Gasteiger partial charge in [-0.05, 0) is 59.2 Å². The minimum absolute atomic E-state index is 0.0506. The molecule has 1 aliphatic carbocycles. The molecule has 1 heterocycles. The van der Waals surface area contributed by atoms with E-state index in [2.05, 4.69) is 28.9 Å².